The maximum atomic E-state index is 11.6. The van der Waals surface area contributed by atoms with E-state index in [4.69, 9.17) is 4.74 Å². The van der Waals surface area contributed by atoms with Gasteiger partial charge in [-0.2, -0.15) is 0 Å². The molecule has 1 aliphatic carbocycles. The van der Waals surface area contributed by atoms with Gasteiger partial charge in [-0.3, -0.25) is 5.32 Å². The van der Waals surface area contributed by atoms with Crippen LogP contribution in [0.15, 0.2) is 35.6 Å². The first kappa shape index (κ1) is 14.6. The van der Waals surface area contributed by atoms with Crippen LogP contribution in [0.4, 0.5) is 4.79 Å². The summed E-state index contributed by atoms with van der Waals surface area (Å²) in [5.74, 6) is 0.496. The monoisotopic (exact) mass is 249 g/mol. The highest BCUT2D eigenvalue weighted by Crippen LogP contribution is 2.16. The van der Waals surface area contributed by atoms with E-state index in [9.17, 15) is 4.79 Å². The Balaban J connectivity index is 2.58. The second-order valence-corrected chi connectivity index (χ2v) is 5.71. The number of hydrogen-bond donors (Lipinski definition) is 1. The van der Waals surface area contributed by atoms with Gasteiger partial charge in [-0.15, -0.1) is 0 Å². The van der Waals surface area contributed by atoms with Crippen LogP contribution in [0.1, 0.15) is 41.0 Å². The highest BCUT2D eigenvalue weighted by Gasteiger charge is 2.16. The molecule has 0 aromatic rings. The van der Waals surface area contributed by atoms with Crippen LogP contribution in [0.3, 0.4) is 0 Å². The molecule has 0 atom stereocenters. The van der Waals surface area contributed by atoms with E-state index in [0.29, 0.717) is 5.92 Å². The maximum Gasteiger partial charge on any atom is 0.412 e. The lowest BCUT2D eigenvalue weighted by molar-refractivity contribution is 0.0548. The van der Waals surface area contributed by atoms with Gasteiger partial charge < -0.3 is 4.74 Å². The Morgan fingerprint density at radius 1 is 1.28 bits per heavy atom. The Morgan fingerprint density at radius 3 is 2.50 bits per heavy atom. The molecule has 100 valence electrons. The van der Waals surface area contributed by atoms with Crippen molar-refractivity contribution in [2.45, 2.75) is 46.6 Å². The van der Waals surface area contributed by atoms with Gasteiger partial charge in [0.1, 0.15) is 5.60 Å². The smallest absolute Gasteiger partial charge is 0.412 e. The lowest BCUT2D eigenvalue weighted by Gasteiger charge is -2.19. The summed E-state index contributed by atoms with van der Waals surface area (Å²) in [6, 6.07) is 0. The fourth-order valence-corrected chi connectivity index (χ4v) is 1.59. The fraction of sp³-hybridized carbons (Fsp3) is 0.533. The normalized spacial score (nSPS) is 15.9. The van der Waals surface area contributed by atoms with Crippen molar-refractivity contribution in [3.8, 4) is 0 Å². The molecule has 0 saturated carbocycles. The van der Waals surface area contributed by atoms with E-state index in [1.54, 1.807) is 0 Å². The largest absolute Gasteiger partial charge is 0.444 e. The zero-order chi connectivity index (χ0) is 13.8. The molecule has 0 heterocycles. The van der Waals surface area contributed by atoms with E-state index >= 15 is 0 Å². The van der Waals surface area contributed by atoms with Crippen LogP contribution in [-0.4, -0.2) is 11.7 Å². The van der Waals surface area contributed by atoms with Crippen LogP contribution in [0.5, 0.6) is 0 Å². The van der Waals surface area contributed by atoms with Gasteiger partial charge in [-0.25, -0.2) is 4.79 Å². The van der Waals surface area contributed by atoms with Gasteiger partial charge in [0.15, 0.2) is 0 Å². The highest BCUT2D eigenvalue weighted by molar-refractivity contribution is 5.70. The lowest BCUT2D eigenvalue weighted by Crippen LogP contribution is -2.31. The number of alkyl carbamates (subject to hydrolysis) is 1. The summed E-state index contributed by atoms with van der Waals surface area (Å²) < 4.78 is 5.21. The van der Waals surface area contributed by atoms with Crippen LogP contribution < -0.4 is 5.32 Å². The second kappa shape index (κ2) is 5.89. The molecule has 0 fully saturated rings. The predicted octanol–water partition coefficient (Wildman–Crippen LogP) is 3.94. The van der Waals surface area contributed by atoms with Gasteiger partial charge in [0, 0.05) is 5.70 Å². The van der Waals surface area contributed by atoms with Crippen molar-refractivity contribution >= 4 is 6.09 Å². The molecule has 0 unspecified atom stereocenters. The topological polar surface area (TPSA) is 38.3 Å². The average molecular weight is 249 g/mol. The summed E-state index contributed by atoms with van der Waals surface area (Å²) in [5, 5.41) is 2.75. The minimum atomic E-state index is -0.472. The van der Waals surface area contributed by atoms with Gasteiger partial charge in [0.2, 0.25) is 0 Å². The van der Waals surface area contributed by atoms with Gasteiger partial charge in [-0.05, 0) is 44.8 Å². The number of carbonyl (C=O) groups is 1. The molecule has 0 aliphatic heterocycles. The van der Waals surface area contributed by atoms with Crippen LogP contribution in [0, 0.1) is 5.92 Å². The van der Waals surface area contributed by atoms with E-state index in [1.165, 1.54) is 5.57 Å². The number of amides is 1. The summed E-state index contributed by atoms with van der Waals surface area (Å²) in [6.45, 7) is 9.86. The van der Waals surface area contributed by atoms with Crippen molar-refractivity contribution in [1.82, 2.24) is 5.32 Å². The summed E-state index contributed by atoms with van der Waals surface area (Å²) in [4.78, 5) is 11.6. The molecule has 0 saturated heterocycles. The van der Waals surface area contributed by atoms with E-state index in [0.717, 1.165) is 12.1 Å². The van der Waals surface area contributed by atoms with E-state index in [2.05, 4.69) is 25.2 Å². The molecule has 0 aromatic heterocycles. The van der Waals surface area contributed by atoms with Gasteiger partial charge in [0.05, 0.1) is 0 Å². The Kier molecular flexibility index (Phi) is 4.76. The third kappa shape index (κ3) is 5.21. The fourth-order valence-electron chi connectivity index (χ4n) is 1.59. The highest BCUT2D eigenvalue weighted by atomic mass is 16.6. The molecular weight excluding hydrogens is 226 g/mol. The minimum absolute atomic E-state index is 0.411. The molecule has 0 aromatic carbocycles. The first-order valence-corrected chi connectivity index (χ1v) is 6.36. The van der Waals surface area contributed by atoms with Crippen LogP contribution in [0.2, 0.25) is 0 Å². The lowest BCUT2D eigenvalue weighted by atomic mass is 10.0. The molecule has 3 nitrogen and oxygen atoms in total. The maximum absolute atomic E-state index is 11.6. The number of hydrogen-bond acceptors (Lipinski definition) is 2. The number of nitrogens with one attached hydrogen (secondary N) is 1. The quantitative estimate of drug-likeness (QED) is 0.805. The van der Waals surface area contributed by atoms with Gasteiger partial charge in [0.25, 0.3) is 0 Å². The van der Waals surface area contributed by atoms with Crippen LogP contribution in [-0.2, 0) is 4.74 Å². The van der Waals surface area contributed by atoms with Crippen LogP contribution in [0.25, 0.3) is 0 Å². The zero-order valence-corrected chi connectivity index (χ0v) is 11.9. The number of allylic oxidation sites excluding steroid dienone is 5. The van der Waals surface area contributed by atoms with Crippen molar-refractivity contribution < 1.29 is 9.53 Å². The molecular formula is C15H23NO2. The Labute approximate surface area is 110 Å². The molecule has 1 amide bonds. The molecule has 18 heavy (non-hydrogen) atoms. The SMILES string of the molecule is CC(C)C1=CCC=C(NC(=O)OC(C)(C)C)C=C1. The summed E-state index contributed by atoms with van der Waals surface area (Å²) in [5.41, 5.74) is 1.60. The first-order chi connectivity index (χ1) is 8.28. The predicted molar refractivity (Wildman–Crippen MR) is 74.1 cm³/mol. The molecule has 0 bridgehead atoms. The molecule has 1 rings (SSSR count). The molecule has 0 radical (unpaired) electrons. The number of carbonyl (C=O) groups excluding carboxylic acids is 1. The Morgan fingerprint density at radius 2 is 1.94 bits per heavy atom. The van der Waals surface area contributed by atoms with E-state index in [-0.39, 0.29) is 0 Å². The Bertz CT molecular complexity index is 395. The van der Waals surface area contributed by atoms with E-state index < -0.39 is 11.7 Å². The average Bonchev–Trinajstić information content (AvgIpc) is 2.40. The van der Waals surface area contributed by atoms with Crippen molar-refractivity contribution in [1.29, 1.82) is 0 Å². The molecule has 0 spiro atoms. The van der Waals surface area contributed by atoms with Crippen molar-refractivity contribution in [2.75, 3.05) is 0 Å². The minimum Gasteiger partial charge on any atom is -0.444 e. The second-order valence-electron chi connectivity index (χ2n) is 5.71. The summed E-state index contributed by atoms with van der Waals surface area (Å²) >= 11 is 0. The van der Waals surface area contributed by atoms with Crippen molar-refractivity contribution in [3.05, 3.63) is 35.6 Å². The van der Waals surface area contributed by atoms with Crippen molar-refractivity contribution in [3.63, 3.8) is 0 Å². The summed E-state index contributed by atoms with van der Waals surface area (Å²) in [7, 11) is 0. The van der Waals surface area contributed by atoms with Crippen molar-refractivity contribution in [2.24, 2.45) is 5.92 Å². The number of ether oxygens (including phenoxy) is 1. The van der Waals surface area contributed by atoms with Gasteiger partial charge >= 0.3 is 6.09 Å². The number of rotatable bonds is 2. The third-order valence-electron chi connectivity index (χ3n) is 2.46. The standard InChI is InChI=1S/C15H23NO2/c1-11(2)12-7-6-8-13(10-9-12)16-14(17)18-15(3,4)5/h7-11H,6H2,1-5H3,(H,16,17). The summed E-state index contributed by atoms with van der Waals surface area (Å²) in [6.07, 6.45) is 8.53. The molecule has 3 heteroatoms. The molecule has 1 N–H and O–H groups in total. The zero-order valence-electron chi connectivity index (χ0n) is 11.9. The molecule has 1 aliphatic rings. The van der Waals surface area contributed by atoms with Crippen LogP contribution >= 0.6 is 0 Å². The first-order valence-electron chi connectivity index (χ1n) is 6.36. The van der Waals surface area contributed by atoms with E-state index in [1.807, 2.05) is 39.0 Å². The van der Waals surface area contributed by atoms with Gasteiger partial charge in [-0.1, -0.05) is 32.1 Å². The third-order valence-corrected chi connectivity index (χ3v) is 2.46. The Hall–Kier alpha value is -1.51.